The number of aryl methyl sites for hydroxylation is 2. The van der Waals surface area contributed by atoms with Crippen molar-refractivity contribution in [2.45, 2.75) is 25.7 Å². The first kappa shape index (κ1) is 13.8. The maximum absolute atomic E-state index is 12.2. The van der Waals surface area contributed by atoms with E-state index in [0.29, 0.717) is 12.2 Å². The van der Waals surface area contributed by atoms with Gasteiger partial charge in [0.15, 0.2) is 0 Å². The smallest absolute Gasteiger partial charge is 0.273 e. The highest BCUT2D eigenvalue weighted by molar-refractivity contribution is 9.08. The quantitative estimate of drug-likeness (QED) is 0.878. The van der Waals surface area contributed by atoms with E-state index in [1.54, 1.807) is 10.7 Å². The number of rotatable bonds is 4. The summed E-state index contributed by atoms with van der Waals surface area (Å²) in [4.78, 5) is 12.2. The van der Waals surface area contributed by atoms with E-state index >= 15 is 0 Å². The van der Waals surface area contributed by atoms with E-state index in [4.69, 9.17) is 0 Å². The molecule has 0 bridgehead atoms. The molecule has 2 aromatic rings. The van der Waals surface area contributed by atoms with Gasteiger partial charge in [-0.3, -0.25) is 9.48 Å². The molecule has 1 N–H and O–H groups in total. The molecule has 0 aliphatic heterocycles. The first-order valence-electron chi connectivity index (χ1n) is 6.14. The Kier molecular flexibility index (Phi) is 4.37. The molecule has 19 heavy (non-hydrogen) atoms. The molecule has 1 heterocycles. The van der Waals surface area contributed by atoms with Crippen LogP contribution in [0.3, 0.4) is 0 Å². The molecule has 0 fully saturated rings. The van der Waals surface area contributed by atoms with E-state index in [-0.39, 0.29) is 5.91 Å². The Morgan fingerprint density at radius 3 is 2.63 bits per heavy atom. The Labute approximate surface area is 120 Å². The molecular formula is C14H16BrN3O. The van der Waals surface area contributed by atoms with Gasteiger partial charge in [0.1, 0.15) is 5.69 Å². The molecule has 1 aromatic heterocycles. The normalized spacial score (nSPS) is 10.5. The van der Waals surface area contributed by atoms with Gasteiger partial charge in [-0.15, -0.1) is 0 Å². The van der Waals surface area contributed by atoms with Crippen LogP contribution in [-0.4, -0.2) is 15.7 Å². The second-order valence-electron chi connectivity index (χ2n) is 4.27. The van der Waals surface area contributed by atoms with Crippen LogP contribution in [0.4, 0.5) is 5.69 Å². The van der Waals surface area contributed by atoms with Crippen molar-refractivity contribution in [3.63, 3.8) is 0 Å². The van der Waals surface area contributed by atoms with Gasteiger partial charge in [0.25, 0.3) is 5.91 Å². The van der Waals surface area contributed by atoms with Gasteiger partial charge in [0.05, 0.1) is 5.69 Å². The Balaban J connectivity index is 2.15. The maximum atomic E-state index is 12.2. The lowest BCUT2D eigenvalue weighted by molar-refractivity contribution is 0.101. The lowest BCUT2D eigenvalue weighted by Gasteiger charge is -2.07. The van der Waals surface area contributed by atoms with E-state index in [0.717, 1.165) is 16.7 Å². The predicted molar refractivity (Wildman–Crippen MR) is 79.7 cm³/mol. The van der Waals surface area contributed by atoms with Gasteiger partial charge in [-0.05, 0) is 37.6 Å². The lowest BCUT2D eigenvalue weighted by atomic mass is 10.2. The highest BCUT2D eigenvalue weighted by atomic mass is 79.9. The van der Waals surface area contributed by atoms with Crippen LogP contribution in [0.1, 0.15) is 28.7 Å². The molecule has 4 nitrogen and oxygen atoms in total. The zero-order chi connectivity index (χ0) is 13.8. The number of carbonyl (C=O) groups is 1. The summed E-state index contributed by atoms with van der Waals surface area (Å²) in [5, 5.41) is 7.96. The van der Waals surface area contributed by atoms with E-state index in [9.17, 15) is 4.79 Å². The summed E-state index contributed by atoms with van der Waals surface area (Å²) in [6, 6.07) is 9.55. The number of amides is 1. The van der Waals surface area contributed by atoms with Crippen molar-refractivity contribution < 1.29 is 4.79 Å². The molecule has 0 atom stereocenters. The second-order valence-corrected chi connectivity index (χ2v) is 4.83. The summed E-state index contributed by atoms with van der Waals surface area (Å²) >= 11 is 3.39. The number of hydrogen-bond acceptors (Lipinski definition) is 2. The minimum absolute atomic E-state index is 0.131. The van der Waals surface area contributed by atoms with Crippen molar-refractivity contribution in [3.05, 3.63) is 47.3 Å². The molecule has 1 aromatic carbocycles. The number of alkyl halides is 1. The van der Waals surface area contributed by atoms with Crippen molar-refractivity contribution in [1.29, 1.82) is 0 Å². The van der Waals surface area contributed by atoms with Crippen molar-refractivity contribution in [2.75, 3.05) is 5.32 Å². The maximum Gasteiger partial charge on any atom is 0.273 e. The monoisotopic (exact) mass is 321 g/mol. The van der Waals surface area contributed by atoms with E-state index < -0.39 is 0 Å². The predicted octanol–water partition coefficient (Wildman–Crippen LogP) is 3.36. The van der Waals surface area contributed by atoms with Crippen LogP contribution in [-0.2, 0) is 11.9 Å². The minimum atomic E-state index is -0.131. The van der Waals surface area contributed by atoms with Crippen LogP contribution in [0.15, 0.2) is 30.3 Å². The average Bonchev–Trinajstić information content (AvgIpc) is 2.81. The molecular weight excluding hydrogens is 306 g/mol. The number of nitrogens with zero attached hydrogens (tertiary/aromatic N) is 2. The zero-order valence-corrected chi connectivity index (χ0v) is 12.6. The van der Waals surface area contributed by atoms with E-state index in [1.807, 2.05) is 38.1 Å². The Bertz CT molecular complexity index is 575. The highest BCUT2D eigenvalue weighted by Crippen LogP contribution is 2.13. The molecule has 0 unspecified atom stereocenters. The Morgan fingerprint density at radius 1 is 1.37 bits per heavy atom. The summed E-state index contributed by atoms with van der Waals surface area (Å²) in [7, 11) is 0. The van der Waals surface area contributed by atoms with Gasteiger partial charge in [-0.1, -0.05) is 28.1 Å². The Morgan fingerprint density at radius 2 is 2.05 bits per heavy atom. The van der Waals surface area contributed by atoms with E-state index in [1.165, 1.54) is 5.56 Å². The topological polar surface area (TPSA) is 46.9 Å². The molecule has 0 saturated heterocycles. The van der Waals surface area contributed by atoms with Crippen molar-refractivity contribution in [3.8, 4) is 0 Å². The minimum Gasteiger partial charge on any atom is -0.321 e. The number of hydrogen-bond donors (Lipinski definition) is 1. The van der Waals surface area contributed by atoms with Gasteiger partial charge in [0.2, 0.25) is 0 Å². The average molecular weight is 322 g/mol. The number of nitrogens with one attached hydrogen (secondary N) is 1. The van der Waals surface area contributed by atoms with Crippen molar-refractivity contribution in [2.24, 2.45) is 0 Å². The number of anilines is 1. The van der Waals surface area contributed by atoms with Gasteiger partial charge in [-0.2, -0.15) is 5.10 Å². The molecule has 1 amide bonds. The summed E-state index contributed by atoms with van der Waals surface area (Å²) in [5.74, 6) is -0.131. The number of benzene rings is 1. The first-order valence-corrected chi connectivity index (χ1v) is 7.27. The van der Waals surface area contributed by atoms with E-state index in [2.05, 4.69) is 26.3 Å². The van der Waals surface area contributed by atoms with Crippen LogP contribution in [0.25, 0.3) is 0 Å². The largest absolute Gasteiger partial charge is 0.321 e. The fraction of sp³-hybridized carbons (Fsp3) is 0.286. The zero-order valence-electron chi connectivity index (χ0n) is 11.0. The van der Waals surface area contributed by atoms with Crippen LogP contribution >= 0.6 is 15.9 Å². The van der Waals surface area contributed by atoms with Crippen LogP contribution < -0.4 is 5.32 Å². The fourth-order valence-electron chi connectivity index (χ4n) is 1.84. The van der Waals surface area contributed by atoms with Gasteiger partial charge in [0, 0.05) is 17.6 Å². The third-order valence-corrected chi connectivity index (χ3v) is 3.45. The first-order chi connectivity index (χ1) is 9.13. The Hall–Kier alpha value is -1.62. The van der Waals surface area contributed by atoms with Gasteiger partial charge in [-0.25, -0.2) is 0 Å². The van der Waals surface area contributed by atoms with Gasteiger partial charge < -0.3 is 5.32 Å². The summed E-state index contributed by atoms with van der Waals surface area (Å²) in [6.45, 7) is 4.53. The molecule has 2 rings (SSSR count). The standard InChI is InChI=1S/C14H16BrN3O/c1-3-18-13(8-10(2)17-18)14(19)16-12-6-4-11(9-15)5-7-12/h4-8H,3,9H2,1-2H3,(H,16,19). The molecule has 0 aliphatic carbocycles. The van der Waals surface area contributed by atoms with Gasteiger partial charge >= 0.3 is 0 Å². The number of halogens is 1. The van der Waals surface area contributed by atoms with Crippen LogP contribution in [0, 0.1) is 6.92 Å². The van der Waals surface area contributed by atoms with Crippen molar-refractivity contribution in [1.82, 2.24) is 9.78 Å². The summed E-state index contributed by atoms with van der Waals surface area (Å²) < 4.78 is 1.71. The molecule has 0 spiro atoms. The second kappa shape index (κ2) is 6.02. The fourth-order valence-corrected chi connectivity index (χ4v) is 2.22. The third kappa shape index (κ3) is 3.23. The third-order valence-electron chi connectivity index (χ3n) is 2.80. The summed E-state index contributed by atoms with van der Waals surface area (Å²) in [5.41, 5.74) is 3.40. The number of carbonyl (C=O) groups excluding carboxylic acids is 1. The molecule has 0 radical (unpaired) electrons. The highest BCUT2D eigenvalue weighted by Gasteiger charge is 2.13. The number of aromatic nitrogens is 2. The van der Waals surface area contributed by atoms with Crippen LogP contribution in [0.2, 0.25) is 0 Å². The molecule has 100 valence electrons. The van der Waals surface area contributed by atoms with Crippen molar-refractivity contribution >= 4 is 27.5 Å². The SMILES string of the molecule is CCn1nc(C)cc1C(=O)Nc1ccc(CBr)cc1. The molecule has 5 heteroatoms. The summed E-state index contributed by atoms with van der Waals surface area (Å²) in [6.07, 6.45) is 0. The molecule has 0 aliphatic rings. The lowest BCUT2D eigenvalue weighted by Crippen LogP contribution is -2.17. The molecule has 0 saturated carbocycles. The van der Waals surface area contributed by atoms with Crippen LogP contribution in [0.5, 0.6) is 0 Å².